The molecule has 0 aliphatic rings. The molecule has 0 aromatic carbocycles. The lowest BCUT2D eigenvalue weighted by molar-refractivity contribution is 0.367. The summed E-state index contributed by atoms with van der Waals surface area (Å²) in [6, 6.07) is 0. The molecule has 0 bridgehead atoms. The molecule has 0 heteroatoms. The van der Waals surface area contributed by atoms with Crippen molar-refractivity contribution < 1.29 is 0 Å². The third-order valence-electron chi connectivity index (χ3n) is 9.40. The first-order valence-corrected chi connectivity index (χ1v) is 19.3. The summed E-state index contributed by atoms with van der Waals surface area (Å²) in [5.41, 5.74) is 0. The van der Waals surface area contributed by atoms with E-state index in [2.05, 4.69) is 20.8 Å². The van der Waals surface area contributed by atoms with Crippen molar-refractivity contribution in [2.24, 2.45) is 5.92 Å². The van der Waals surface area contributed by atoms with Gasteiger partial charge in [-0.2, -0.15) is 0 Å². The normalized spacial score (nSPS) is 12.4. The van der Waals surface area contributed by atoms with Crippen LogP contribution in [0.1, 0.15) is 245 Å². The van der Waals surface area contributed by atoms with Crippen molar-refractivity contribution in [2.45, 2.75) is 245 Å². The summed E-state index contributed by atoms with van der Waals surface area (Å²) in [5, 5.41) is 0. The standard InChI is InChI=1S/C39H80/c1-4-7-10-12-14-16-18-20-21-22-23-24-26-28-30-32-35-38-39(36-33-9-6-3)37-34-31-29-27-25-19-17-15-13-11-8-5-2/h39H,4-38H2,1-3H3. The minimum atomic E-state index is 1.04. The van der Waals surface area contributed by atoms with Gasteiger partial charge >= 0.3 is 0 Å². The van der Waals surface area contributed by atoms with Crippen LogP contribution in [0.3, 0.4) is 0 Å². The smallest absolute Gasteiger partial charge is 0.0414 e. The van der Waals surface area contributed by atoms with E-state index in [4.69, 9.17) is 0 Å². The first-order valence-electron chi connectivity index (χ1n) is 19.3. The van der Waals surface area contributed by atoms with E-state index in [-0.39, 0.29) is 0 Å². The minimum Gasteiger partial charge on any atom is -0.0654 e. The molecule has 0 spiro atoms. The van der Waals surface area contributed by atoms with Crippen molar-refractivity contribution in [1.29, 1.82) is 0 Å². The van der Waals surface area contributed by atoms with Crippen molar-refractivity contribution in [3.8, 4) is 0 Å². The third-order valence-corrected chi connectivity index (χ3v) is 9.40. The van der Waals surface area contributed by atoms with Crippen molar-refractivity contribution in [1.82, 2.24) is 0 Å². The summed E-state index contributed by atoms with van der Waals surface area (Å²) in [7, 11) is 0. The second-order valence-electron chi connectivity index (χ2n) is 13.5. The van der Waals surface area contributed by atoms with Gasteiger partial charge in [0.2, 0.25) is 0 Å². The zero-order chi connectivity index (χ0) is 28.3. The average molecular weight is 549 g/mol. The molecule has 0 fully saturated rings. The first kappa shape index (κ1) is 39.0. The van der Waals surface area contributed by atoms with Crippen LogP contribution >= 0.6 is 0 Å². The van der Waals surface area contributed by atoms with Crippen LogP contribution in [-0.2, 0) is 0 Å². The molecule has 1 atom stereocenters. The Morgan fingerprint density at radius 2 is 0.359 bits per heavy atom. The predicted molar refractivity (Wildman–Crippen MR) is 182 cm³/mol. The lowest BCUT2D eigenvalue weighted by Crippen LogP contribution is -2.01. The molecule has 0 rings (SSSR count). The molecule has 0 aliphatic heterocycles. The van der Waals surface area contributed by atoms with E-state index >= 15 is 0 Å². The van der Waals surface area contributed by atoms with E-state index in [1.54, 1.807) is 0 Å². The first-order chi connectivity index (χ1) is 19.3. The lowest BCUT2D eigenvalue weighted by atomic mass is 9.89. The van der Waals surface area contributed by atoms with Crippen LogP contribution in [0.4, 0.5) is 0 Å². The van der Waals surface area contributed by atoms with Gasteiger partial charge in [0.25, 0.3) is 0 Å². The minimum absolute atomic E-state index is 1.04. The lowest BCUT2D eigenvalue weighted by Gasteiger charge is -2.17. The van der Waals surface area contributed by atoms with Gasteiger partial charge in [-0.05, 0) is 5.92 Å². The maximum Gasteiger partial charge on any atom is -0.0414 e. The highest BCUT2D eigenvalue weighted by atomic mass is 14.1. The molecule has 236 valence electrons. The van der Waals surface area contributed by atoms with Gasteiger partial charge in [-0.15, -0.1) is 0 Å². The summed E-state index contributed by atoms with van der Waals surface area (Å²) in [6.07, 6.45) is 51.8. The number of unbranched alkanes of at least 4 members (excludes halogenated alkanes) is 29. The third kappa shape index (κ3) is 34.1. The second kappa shape index (κ2) is 36.0. The van der Waals surface area contributed by atoms with Crippen molar-refractivity contribution in [2.75, 3.05) is 0 Å². The maximum absolute atomic E-state index is 2.36. The Hall–Kier alpha value is 0. The topological polar surface area (TPSA) is 0 Å². The summed E-state index contributed by atoms with van der Waals surface area (Å²) in [5.74, 6) is 1.04. The Morgan fingerprint density at radius 1 is 0.205 bits per heavy atom. The molecule has 1 unspecified atom stereocenters. The highest BCUT2D eigenvalue weighted by molar-refractivity contribution is 4.62. The number of hydrogen-bond donors (Lipinski definition) is 0. The molecule has 0 aromatic heterocycles. The van der Waals surface area contributed by atoms with Crippen LogP contribution in [0.2, 0.25) is 0 Å². The largest absolute Gasteiger partial charge is 0.0654 e. The molecule has 0 saturated carbocycles. The molecule has 0 saturated heterocycles. The molecular formula is C39H80. The van der Waals surface area contributed by atoms with Gasteiger partial charge in [0.15, 0.2) is 0 Å². The van der Waals surface area contributed by atoms with Crippen LogP contribution in [0.15, 0.2) is 0 Å². The zero-order valence-electron chi connectivity index (χ0n) is 28.3. The summed E-state index contributed by atoms with van der Waals surface area (Å²) >= 11 is 0. The summed E-state index contributed by atoms with van der Waals surface area (Å²) < 4.78 is 0. The predicted octanol–water partition coefficient (Wildman–Crippen LogP) is 15.3. The quantitative estimate of drug-likeness (QED) is 0.0691. The molecule has 0 amide bonds. The molecule has 0 nitrogen and oxygen atoms in total. The van der Waals surface area contributed by atoms with Gasteiger partial charge in [0, 0.05) is 0 Å². The molecule has 0 aromatic rings. The Bertz CT molecular complexity index is 399. The van der Waals surface area contributed by atoms with E-state index in [1.807, 2.05) is 0 Å². The van der Waals surface area contributed by atoms with Gasteiger partial charge in [-0.3, -0.25) is 0 Å². The van der Waals surface area contributed by atoms with E-state index in [9.17, 15) is 0 Å². The monoisotopic (exact) mass is 549 g/mol. The van der Waals surface area contributed by atoms with Gasteiger partial charge in [-0.1, -0.05) is 245 Å². The molecule has 0 N–H and O–H groups in total. The van der Waals surface area contributed by atoms with Gasteiger partial charge in [-0.25, -0.2) is 0 Å². The molecule has 39 heavy (non-hydrogen) atoms. The van der Waals surface area contributed by atoms with Crippen LogP contribution in [-0.4, -0.2) is 0 Å². The molecular weight excluding hydrogens is 468 g/mol. The van der Waals surface area contributed by atoms with Gasteiger partial charge in [0.05, 0.1) is 0 Å². The average Bonchev–Trinajstić information content (AvgIpc) is 2.95. The molecule has 0 heterocycles. The Labute approximate surface area is 251 Å². The number of hydrogen-bond acceptors (Lipinski definition) is 0. The fourth-order valence-corrected chi connectivity index (χ4v) is 6.55. The molecule has 0 aliphatic carbocycles. The molecule has 0 radical (unpaired) electrons. The van der Waals surface area contributed by atoms with Gasteiger partial charge in [0.1, 0.15) is 0 Å². The van der Waals surface area contributed by atoms with E-state index in [1.165, 1.54) is 225 Å². The van der Waals surface area contributed by atoms with Crippen molar-refractivity contribution in [3.63, 3.8) is 0 Å². The van der Waals surface area contributed by atoms with Crippen molar-refractivity contribution >= 4 is 0 Å². The Morgan fingerprint density at radius 3 is 0.590 bits per heavy atom. The highest BCUT2D eigenvalue weighted by Gasteiger charge is 2.08. The fourth-order valence-electron chi connectivity index (χ4n) is 6.55. The van der Waals surface area contributed by atoms with Crippen LogP contribution in [0.25, 0.3) is 0 Å². The zero-order valence-corrected chi connectivity index (χ0v) is 28.3. The van der Waals surface area contributed by atoms with E-state index in [0.29, 0.717) is 0 Å². The van der Waals surface area contributed by atoms with E-state index in [0.717, 1.165) is 5.92 Å². The SMILES string of the molecule is CCCCCCCCCCCCCCCCCCCC(CCCCC)CCCCCCCCCCCCCC. The summed E-state index contributed by atoms with van der Waals surface area (Å²) in [4.78, 5) is 0. The Balaban J connectivity index is 3.53. The van der Waals surface area contributed by atoms with Crippen LogP contribution in [0, 0.1) is 5.92 Å². The van der Waals surface area contributed by atoms with E-state index < -0.39 is 0 Å². The maximum atomic E-state index is 2.36. The second-order valence-corrected chi connectivity index (χ2v) is 13.5. The van der Waals surface area contributed by atoms with Crippen LogP contribution < -0.4 is 0 Å². The van der Waals surface area contributed by atoms with Gasteiger partial charge < -0.3 is 0 Å². The summed E-state index contributed by atoms with van der Waals surface area (Å²) in [6.45, 7) is 6.98. The number of rotatable bonds is 35. The van der Waals surface area contributed by atoms with Crippen LogP contribution in [0.5, 0.6) is 0 Å². The van der Waals surface area contributed by atoms with Crippen molar-refractivity contribution in [3.05, 3.63) is 0 Å². The highest BCUT2D eigenvalue weighted by Crippen LogP contribution is 2.24. The fraction of sp³-hybridized carbons (Fsp3) is 1.00. The Kier molecular flexibility index (Phi) is 36.0.